The molecule has 5 heteroatoms. The molecule has 23 heavy (non-hydrogen) atoms. The number of hydrogen-bond acceptors (Lipinski definition) is 3. The van der Waals surface area contributed by atoms with Crippen molar-refractivity contribution in [1.82, 2.24) is 10.2 Å². The Morgan fingerprint density at radius 1 is 1.35 bits per heavy atom. The van der Waals surface area contributed by atoms with Crippen molar-refractivity contribution in [3.05, 3.63) is 57.5 Å². The largest absolute Gasteiger partial charge is 0.355 e. The minimum absolute atomic E-state index is 0.0534. The fourth-order valence-electron chi connectivity index (χ4n) is 3.02. The lowest BCUT2D eigenvalue weighted by molar-refractivity contribution is -0.122. The van der Waals surface area contributed by atoms with Gasteiger partial charge in [0.05, 0.1) is 6.54 Å². The van der Waals surface area contributed by atoms with Gasteiger partial charge in [-0.2, -0.15) is 0 Å². The summed E-state index contributed by atoms with van der Waals surface area (Å²) in [6.45, 7) is 4.10. The Hall–Kier alpha value is -1.72. The predicted molar refractivity (Wildman–Crippen MR) is 91.1 cm³/mol. The van der Waals surface area contributed by atoms with Gasteiger partial charge in [-0.05, 0) is 54.5 Å². The topological polar surface area (TPSA) is 32.3 Å². The zero-order valence-electron chi connectivity index (χ0n) is 13.2. The molecule has 0 radical (unpaired) electrons. The summed E-state index contributed by atoms with van der Waals surface area (Å²) in [7, 11) is 0. The van der Waals surface area contributed by atoms with E-state index in [1.807, 2.05) is 11.3 Å². The van der Waals surface area contributed by atoms with E-state index in [4.69, 9.17) is 0 Å². The molecule has 122 valence electrons. The van der Waals surface area contributed by atoms with Crippen LogP contribution < -0.4 is 5.32 Å². The molecular formula is C18H21FN2OS. The first-order valence-corrected chi connectivity index (χ1v) is 8.83. The van der Waals surface area contributed by atoms with Crippen LogP contribution in [0, 0.1) is 5.82 Å². The second-order valence-corrected chi connectivity index (χ2v) is 6.92. The van der Waals surface area contributed by atoms with Gasteiger partial charge in [0.25, 0.3) is 0 Å². The lowest BCUT2D eigenvalue weighted by Crippen LogP contribution is -2.41. The Morgan fingerprint density at radius 3 is 2.91 bits per heavy atom. The van der Waals surface area contributed by atoms with Crippen molar-refractivity contribution in [3.63, 3.8) is 0 Å². The van der Waals surface area contributed by atoms with E-state index in [0.717, 1.165) is 24.9 Å². The Morgan fingerprint density at radius 2 is 2.13 bits per heavy atom. The van der Waals surface area contributed by atoms with Crippen LogP contribution in [0.25, 0.3) is 0 Å². The fraction of sp³-hybridized carbons (Fsp3) is 0.389. The minimum atomic E-state index is -0.232. The maximum absolute atomic E-state index is 12.8. The van der Waals surface area contributed by atoms with Crippen LogP contribution in [-0.4, -0.2) is 30.4 Å². The van der Waals surface area contributed by atoms with Gasteiger partial charge in [0.1, 0.15) is 5.82 Å². The highest BCUT2D eigenvalue weighted by Gasteiger charge is 2.25. The van der Waals surface area contributed by atoms with Gasteiger partial charge in [-0.25, -0.2) is 4.39 Å². The molecule has 1 aliphatic heterocycles. The van der Waals surface area contributed by atoms with Gasteiger partial charge < -0.3 is 5.32 Å². The van der Waals surface area contributed by atoms with Crippen molar-refractivity contribution in [1.29, 1.82) is 0 Å². The molecule has 0 saturated heterocycles. The molecule has 1 aliphatic rings. The van der Waals surface area contributed by atoms with Gasteiger partial charge in [-0.1, -0.05) is 12.1 Å². The van der Waals surface area contributed by atoms with Crippen molar-refractivity contribution >= 4 is 17.2 Å². The van der Waals surface area contributed by atoms with Crippen molar-refractivity contribution in [3.8, 4) is 0 Å². The molecule has 2 heterocycles. The molecule has 0 bridgehead atoms. The van der Waals surface area contributed by atoms with E-state index >= 15 is 0 Å². The molecule has 1 unspecified atom stereocenters. The SMILES string of the molecule is CC1c2ccsc2CCN1CC(=O)NCCc1ccc(F)cc1. The fourth-order valence-corrected chi connectivity index (χ4v) is 3.98. The van der Waals surface area contributed by atoms with E-state index in [1.54, 1.807) is 12.1 Å². The minimum Gasteiger partial charge on any atom is -0.355 e. The highest BCUT2D eigenvalue weighted by Crippen LogP contribution is 2.32. The molecule has 1 aromatic carbocycles. The van der Waals surface area contributed by atoms with E-state index in [-0.39, 0.29) is 11.7 Å². The lowest BCUT2D eigenvalue weighted by atomic mass is 10.0. The quantitative estimate of drug-likeness (QED) is 0.912. The molecule has 2 aromatic rings. The van der Waals surface area contributed by atoms with Crippen molar-refractivity contribution in [2.75, 3.05) is 19.6 Å². The third kappa shape index (κ3) is 3.98. The monoisotopic (exact) mass is 332 g/mol. The van der Waals surface area contributed by atoms with Crippen molar-refractivity contribution in [2.45, 2.75) is 25.8 Å². The van der Waals surface area contributed by atoms with Gasteiger partial charge in [-0.3, -0.25) is 9.69 Å². The third-order valence-electron chi connectivity index (χ3n) is 4.40. The Balaban J connectivity index is 1.45. The van der Waals surface area contributed by atoms with Gasteiger partial charge in [0, 0.05) is 24.0 Å². The normalized spacial score (nSPS) is 17.7. The number of hydrogen-bond donors (Lipinski definition) is 1. The number of benzene rings is 1. The number of nitrogens with one attached hydrogen (secondary N) is 1. The first-order chi connectivity index (χ1) is 11.1. The summed E-state index contributed by atoms with van der Waals surface area (Å²) >= 11 is 1.81. The number of rotatable bonds is 5. The molecule has 1 amide bonds. The van der Waals surface area contributed by atoms with Gasteiger partial charge >= 0.3 is 0 Å². The maximum Gasteiger partial charge on any atom is 0.234 e. The number of fused-ring (bicyclic) bond motifs is 1. The number of amides is 1. The summed E-state index contributed by atoms with van der Waals surface area (Å²) in [5, 5.41) is 5.09. The van der Waals surface area contributed by atoms with Crippen LogP contribution in [0.15, 0.2) is 35.7 Å². The van der Waals surface area contributed by atoms with Crippen LogP contribution in [0.3, 0.4) is 0 Å². The van der Waals surface area contributed by atoms with E-state index in [0.29, 0.717) is 19.1 Å². The highest BCUT2D eigenvalue weighted by molar-refractivity contribution is 7.10. The average molecular weight is 332 g/mol. The molecule has 1 aromatic heterocycles. The van der Waals surface area contributed by atoms with Crippen molar-refractivity contribution in [2.24, 2.45) is 0 Å². The lowest BCUT2D eigenvalue weighted by Gasteiger charge is -2.32. The van der Waals surface area contributed by atoms with Crippen LogP contribution in [0.2, 0.25) is 0 Å². The summed E-state index contributed by atoms with van der Waals surface area (Å²) in [6.07, 6.45) is 1.75. The first-order valence-electron chi connectivity index (χ1n) is 7.95. The first kappa shape index (κ1) is 16.1. The maximum atomic E-state index is 12.8. The average Bonchev–Trinajstić information content (AvgIpc) is 3.01. The summed E-state index contributed by atoms with van der Waals surface area (Å²) in [5.74, 6) is -0.178. The number of nitrogens with zero attached hydrogens (tertiary/aromatic N) is 1. The standard InChI is InChI=1S/C18H21FN2OS/c1-13-16-8-11-23-17(16)7-10-21(13)12-18(22)20-9-6-14-2-4-15(19)5-3-14/h2-5,8,11,13H,6-7,9-10,12H2,1H3,(H,20,22). The molecule has 0 fully saturated rings. The van der Waals surface area contributed by atoms with E-state index < -0.39 is 0 Å². The van der Waals surface area contributed by atoms with E-state index in [9.17, 15) is 9.18 Å². The van der Waals surface area contributed by atoms with Gasteiger partial charge in [0.2, 0.25) is 5.91 Å². The van der Waals surface area contributed by atoms with E-state index in [2.05, 4.69) is 28.6 Å². The number of carbonyl (C=O) groups excluding carboxylic acids is 1. The number of thiophene rings is 1. The van der Waals surface area contributed by atoms with Crippen LogP contribution in [0.5, 0.6) is 0 Å². The molecule has 0 spiro atoms. The molecule has 3 nitrogen and oxygen atoms in total. The van der Waals surface area contributed by atoms with Crippen LogP contribution in [0.4, 0.5) is 4.39 Å². The van der Waals surface area contributed by atoms with E-state index in [1.165, 1.54) is 22.6 Å². The Bertz CT molecular complexity index is 668. The highest BCUT2D eigenvalue weighted by atomic mass is 32.1. The molecule has 0 saturated carbocycles. The zero-order valence-corrected chi connectivity index (χ0v) is 14.0. The second kappa shape index (κ2) is 7.23. The van der Waals surface area contributed by atoms with Crippen LogP contribution in [-0.2, 0) is 17.6 Å². The second-order valence-electron chi connectivity index (χ2n) is 5.92. The molecular weight excluding hydrogens is 311 g/mol. The van der Waals surface area contributed by atoms with Crippen molar-refractivity contribution < 1.29 is 9.18 Å². The number of carbonyl (C=O) groups is 1. The molecule has 1 atom stereocenters. The third-order valence-corrected chi connectivity index (χ3v) is 5.40. The molecule has 0 aliphatic carbocycles. The summed E-state index contributed by atoms with van der Waals surface area (Å²) < 4.78 is 12.8. The number of halogens is 1. The smallest absolute Gasteiger partial charge is 0.234 e. The van der Waals surface area contributed by atoms with Gasteiger partial charge in [0.15, 0.2) is 0 Å². The summed E-state index contributed by atoms with van der Waals surface area (Å²) in [6, 6.07) is 8.88. The summed E-state index contributed by atoms with van der Waals surface area (Å²) in [4.78, 5) is 15.8. The van der Waals surface area contributed by atoms with Crippen LogP contribution in [0.1, 0.15) is 29.0 Å². The predicted octanol–water partition coefficient (Wildman–Crippen LogP) is 3.17. The Kier molecular flexibility index (Phi) is 5.08. The van der Waals surface area contributed by atoms with Gasteiger partial charge in [-0.15, -0.1) is 11.3 Å². The molecule has 1 N–H and O–H groups in total. The summed E-state index contributed by atoms with van der Waals surface area (Å²) in [5.41, 5.74) is 2.39. The molecule has 3 rings (SSSR count). The zero-order chi connectivity index (χ0) is 16.2. The van der Waals surface area contributed by atoms with Crippen LogP contribution >= 0.6 is 11.3 Å². The Labute approximate surface area is 140 Å².